The summed E-state index contributed by atoms with van der Waals surface area (Å²) in [5, 5.41) is 9.27. The number of carboxylic acids is 1. The van der Waals surface area contributed by atoms with Crippen LogP contribution in [0.5, 0.6) is 5.75 Å². The summed E-state index contributed by atoms with van der Waals surface area (Å²) in [6, 6.07) is 8.00. The molecule has 7 heteroatoms. The summed E-state index contributed by atoms with van der Waals surface area (Å²) in [4.78, 5) is 11.4. The first kappa shape index (κ1) is 16.0. The molecule has 0 bridgehead atoms. The van der Waals surface area contributed by atoms with Crippen molar-refractivity contribution in [3.8, 4) is 5.75 Å². The van der Waals surface area contributed by atoms with E-state index in [9.17, 15) is 18.3 Å². The van der Waals surface area contributed by atoms with E-state index >= 15 is 0 Å². The molecule has 0 unspecified atom stereocenters. The van der Waals surface area contributed by atoms with Crippen molar-refractivity contribution in [1.29, 1.82) is 0 Å². The number of sulfonamides is 1. The molecule has 2 aromatic carbocycles. The van der Waals surface area contributed by atoms with Crippen LogP contribution in [0.15, 0.2) is 35.2 Å². The van der Waals surface area contributed by atoms with E-state index in [4.69, 9.17) is 4.74 Å². The molecule has 0 amide bonds. The van der Waals surface area contributed by atoms with Crippen LogP contribution >= 0.6 is 0 Å². The van der Waals surface area contributed by atoms with Crippen molar-refractivity contribution in [3.63, 3.8) is 0 Å². The minimum atomic E-state index is -3.87. The van der Waals surface area contributed by atoms with E-state index in [1.807, 2.05) is 0 Å². The number of nitrogens with one attached hydrogen (secondary N) is 1. The molecule has 0 spiro atoms. The second kappa shape index (κ2) is 5.77. The van der Waals surface area contributed by atoms with Gasteiger partial charge >= 0.3 is 5.97 Å². The number of carbonyl (C=O) groups is 1. The van der Waals surface area contributed by atoms with Gasteiger partial charge in [-0.05, 0) is 66.3 Å². The van der Waals surface area contributed by atoms with Crippen molar-refractivity contribution < 1.29 is 23.1 Å². The zero-order valence-electron chi connectivity index (χ0n) is 13.4. The number of benzene rings is 2. The van der Waals surface area contributed by atoms with Gasteiger partial charge in [-0.1, -0.05) is 0 Å². The second-order valence-corrected chi connectivity index (χ2v) is 7.95. The lowest BCUT2D eigenvalue weighted by molar-refractivity contribution is 0.0696. The average molecular weight is 359 g/mol. The minimum absolute atomic E-state index is 0.00313. The Bertz CT molecular complexity index is 981. The predicted molar refractivity (Wildman–Crippen MR) is 91.9 cm³/mol. The minimum Gasteiger partial charge on any atom is -0.493 e. The smallest absolute Gasteiger partial charge is 0.335 e. The molecule has 4 rings (SSSR count). The highest BCUT2D eigenvalue weighted by Crippen LogP contribution is 2.33. The molecule has 1 aliphatic carbocycles. The number of fused-ring (bicyclic) bond motifs is 2. The predicted octanol–water partition coefficient (Wildman–Crippen LogP) is 2.61. The average Bonchev–Trinajstić information content (AvgIpc) is 3.21. The van der Waals surface area contributed by atoms with E-state index in [-0.39, 0.29) is 10.5 Å². The largest absolute Gasteiger partial charge is 0.493 e. The molecule has 130 valence electrons. The first-order valence-corrected chi connectivity index (χ1v) is 9.60. The van der Waals surface area contributed by atoms with Crippen LogP contribution in [0, 0.1) is 0 Å². The Hall–Kier alpha value is -2.54. The Balaban J connectivity index is 1.74. The van der Waals surface area contributed by atoms with Gasteiger partial charge in [-0.2, -0.15) is 0 Å². The molecule has 2 aliphatic rings. The summed E-state index contributed by atoms with van der Waals surface area (Å²) >= 11 is 0. The van der Waals surface area contributed by atoms with E-state index in [2.05, 4.69) is 4.72 Å². The summed E-state index contributed by atoms with van der Waals surface area (Å²) in [5.41, 5.74) is 2.95. The van der Waals surface area contributed by atoms with Crippen LogP contribution in [0.3, 0.4) is 0 Å². The van der Waals surface area contributed by atoms with Gasteiger partial charge in [-0.3, -0.25) is 4.72 Å². The van der Waals surface area contributed by atoms with Crippen LogP contribution in [-0.2, 0) is 29.3 Å². The third-order valence-electron chi connectivity index (χ3n) is 4.65. The summed E-state index contributed by atoms with van der Waals surface area (Å²) in [7, 11) is -3.87. The molecular formula is C18H17NO5S. The quantitative estimate of drug-likeness (QED) is 0.875. The maximum absolute atomic E-state index is 12.9. The molecule has 0 saturated carbocycles. The third kappa shape index (κ3) is 2.84. The molecule has 1 aliphatic heterocycles. The molecule has 0 atom stereocenters. The van der Waals surface area contributed by atoms with Gasteiger partial charge in [-0.25, -0.2) is 13.2 Å². The molecular weight excluding hydrogens is 342 g/mol. The van der Waals surface area contributed by atoms with E-state index in [0.717, 1.165) is 35.3 Å². The third-order valence-corrected chi connectivity index (χ3v) is 6.10. The number of carboxylic acid groups (broad SMARTS) is 1. The number of aryl methyl sites for hydroxylation is 1. The summed E-state index contributed by atoms with van der Waals surface area (Å²) < 4.78 is 33.8. The summed E-state index contributed by atoms with van der Waals surface area (Å²) in [6.07, 6.45) is 2.92. The van der Waals surface area contributed by atoms with Gasteiger partial charge in [0.05, 0.1) is 17.1 Å². The topological polar surface area (TPSA) is 92.7 Å². The fraction of sp³-hybridized carbons (Fsp3) is 0.278. The number of hydrogen-bond acceptors (Lipinski definition) is 4. The number of aromatic carboxylic acids is 1. The van der Waals surface area contributed by atoms with Gasteiger partial charge in [0.1, 0.15) is 5.75 Å². The highest BCUT2D eigenvalue weighted by molar-refractivity contribution is 7.92. The van der Waals surface area contributed by atoms with Crippen molar-refractivity contribution in [1.82, 2.24) is 0 Å². The van der Waals surface area contributed by atoms with Crippen LogP contribution < -0.4 is 9.46 Å². The Labute approximate surface area is 145 Å². The van der Waals surface area contributed by atoms with Gasteiger partial charge in [0.15, 0.2) is 0 Å². The normalized spacial score (nSPS) is 15.4. The highest BCUT2D eigenvalue weighted by atomic mass is 32.2. The van der Waals surface area contributed by atoms with Crippen LogP contribution in [0.1, 0.15) is 33.5 Å². The molecule has 0 fully saturated rings. The monoisotopic (exact) mass is 359 g/mol. The highest BCUT2D eigenvalue weighted by Gasteiger charge is 2.26. The van der Waals surface area contributed by atoms with Gasteiger partial charge in [-0.15, -0.1) is 0 Å². The van der Waals surface area contributed by atoms with Crippen molar-refractivity contribution >= 4 is 21.7 Å². The Kier molecular flexibility index (Phi) is 3.68. The fourth-order valence-corrected chi connectivity index (χ4v) is 4.88. The van der Waals surface area contributed by atoms with Gasteiger partial charge in [0.25, 0.3) is 10.0 Å². The first-order valence-electron chi connectivity index (χ1n) is 8.12. The SMILES string of the molecule is O=C(O)c1cc2c(c(S(=O)(=O)Nc3ccc4c(c3)CCO4)c1)CCC2. The fourth-order valence-electron chi connectivity index (χ4n) is 3.49. The number of anilines is 1. The summed E-state index contributed by atoms with van der Waals surface area (Å²) in [6.45, 7) is 0.597. The van der Waals surface area contributed by atoms with Crippen molar-refractivity contribution in [2.45, 2.75) is 30.6 Å². The molecule has 25 heavy (non-hydrogen) atoms. The zero-order valence-corrected chi connectivity index (χ0v) is 14.2. The standard InChI is InChI=1S/C18H17NO5S/c20-18(21)13-8-11-2-1-3-15(11)17(10-13)25(22,23)19-14-4-5-16-12(9-14)6-7-24-16/h4-5,8-10,19H,1-3,6-7H2,(H,20,21). The number of hydrogen-bond donors (Lipinski definition) is 2. The summed E-state index contributed by atoms with van der Waals surface area (Å²) in [5.74, 6) is -0.349. The Morgan fingerprint density at radius 1 is 1.08 bits per heavy atom. The van der Waals surface area contributed by atoms with Crippen LogP contribution in [0.4, 0.5) is 5.69 Å². The van der Waals surface area contributed by atoms with Crippen LogP contribution in [0.25, 0.3) is 0 Å². The lowest BCUT2D eigenvalue weighted by Gasteiger charge is -2.13. The molecule has 2 N–H and O–H groups in total. The number of rotatable bonds is 4. The second-order valence-electron chi connectivity index (χ2n) is 6.30. The molecule has 0 saturated heterocycles. The maximum atomic E-state index is 12.9. The maximum Gasteiger partial charge on any atom is 0.335 e. The van der Waals surface area contributed by atoms with Gasteiger partial charge < -0.3 is 9.84 Å². The van der Waals surface area contributed by atoms with Crippen LogP contribution in [0.2, 0.25) is 0 Å². The Morgan fingerprint density at radius 2 is 1.92 bits per heavy atom. The molecule has 1 heterocycles. The van der Waals surface area contributed by atoms with Crippen molar-refractivity contribution in [3.05, 3.63) is 52.6 Å². The first-order chi connectivity index (χ1) is 11.9. The van der Waals surface area contributed by atoms with E-state index in [1.165, 1.54) is 6.07 Å². The molecule has 0 aromatic heterocycles. The van der Waals surface area contributed by atoms with Crippen molar-refractivity contribution in [2.75, 3.05) is 11.3 Å². The Morgan fingerprint density at radius 3 is 2.72 bits per heavy atom. The molecule has 0 radical (unpaired) electrons. The van der Waals surface area contributed by atoms with E-state index < -0.39 is 16.0 Å². The zero-order chi connectivity index (χ0) is 17.6. The number of ether oxygens (including phenoxy) is 1. The van der Waals surface area contributed by atoms with Gasteiger partial charge in [0.2, 0.25) is 0 Å². The van der Waals surface area contributed by atoms with Gasteiger partial charge in [0, 0.05) is 12.1 Å². The lowest BCUT2D eigenvalue weighted by Crippen LogP contribution is -2.16. The van der Waals surface area contributed by atoms with E-state index in [1.54, 1.807) is 24.3 Å². The lowest BCUT2D eigenvalue weighted by atomic mass is 10.1. The van der Waals surface area contributed by atoms with Crippen molar-refractivity contribution in [2.24, 2.45) is 0 Å². The molecule has 2 aromatic rings. The van der Waals surface area contributed by atoms with Crippen LogP contribution in [-0.4, -0.2) is 26.1 Å². The van der Waals surface area contributed by atoms with E-state index in [0.29, 0.717) is 25.1 Å². The molecule has 6 nitrogen and oxygen atoms in total.